The molecule has 1 fully saturated rings. The van der Waals surface area contributed by atoms with E-state index in [0.29, 0.717) is 5.75 Å². The quantitative estimate of drug-likeness (QED) is 0.815. The molecule has 1 aliphatic rings. The first-order chi connectivity index (χ1) is 13.1. The van der Waals surface area contributed by atoms with Crippen molar-refractivity contribution in [2.24, 2.45) is 0 Å². The van der Waals surface area contributed by atoms with Crippen LogP contribution in [-0.4, -0.2) is 43.2 Å². The number of rotatable bonds is 7. The Labute approximate surface area is 161 Å². The van der Waals surface area contributed by atoms with Gasteiger partial charge in [0.25, 0.3) is 5.91 Å². The molecule has 1 atom stereocenters. The summed E-state index contributed by atoms with van der Waals surface area (Å²) in [6.45, 7) is 4.74. The molecule has 0 saturated carbocycles. The maximum absolute atomic E-state index is 12.4. The highest BCUT2D eigenvalue weighted by Crippen LogP contribution is 2.19. The van der Waals surface area contributed by atoms with Crippen molar-refractivity contribution in [1.82, 2.24) is 10.2 Å². The van der Waals surface area contributed by atoms with Crippen LogP contribution < -0.4 is 14.8 Å². The van der Waals surface area contributed by atoms with Crippen LogP contribution in [-0.2, 0) is 11.3 Å². The average molecular weight is 368 g/mol. The van der Waals surface area contributed by atoms with E-state index in [1.165, 1.54) is 5.56 Å². The molecule has 5 heteroatoms. The minimum Gasteiger partial charge on any atom is -0.497 e. The molecule has 1 heterocycles. The van der Waals surface area contributed by atoms with Crippen LogP contribution >= 0.6 is 0 Å². The molecule has 0 bridgehead atoms. The second kappa shape index (κ2) is 9.42. The zero-order valence-corrected chi connectivity index (χ0v) is 16.1. The van der Waals surface area contributed by atoms with Gasteiger partial charge in [-0.15, -0.1) is 0 Å². The van der Waals surface area contributed by atoms with Crippen LogP contribution in [0.4, 0.5) is 0 Å². The Bertz CT molecular complexity index is 710. The number of ether oxygens (including phenoxy) is 2. The maximum Gasteiger partial charge on any atom is 0.260 e. The first kappa shape index (κ1) is 19.2. The van der Waals surface area contributed by atoms with Crippen LogP contribution in [0.1, 0.15) is 25.3 Å². The highest BCUT2D eigenvalue weighted by molar-refractivity contribution is 5.81. The summed E-state index contributed by atoms with van der Waals surface area (Å²) < 4.78 is 10.9. The number of nitrogens with one attached hydrogen (secondary N) is 1. The number of carbonyl (C=O) groups excluding carboxylic acids is 1. The molecule has 1 N–H and O–H groups in total. The Balaban J connectivity index is 1.41. The molecule has 0 aliphatic carbocycles. The lowest BCUT2D eigenvalue weighted by atomic mass is 10.0. The van der Waals surface area contributed by atoms with Gasteiger partial charge in [-0.3, -0.25) is 9.69 Å². The van der Waals surface area contributed by atoms with E-state index in [2.05, 4.69) is 34.5 Å². The number of methoxy groups -OCH3 is 1. The first-order valence-electron chi connectivity index (χ1n) is 9.51. The standard InChI is InChI=1S/C22H28N2O3/c1-17(27-21-10-8-20(26-2)9-11-21)22(25)23-19-12-14-24(15-13-19)16-18-6-4-3-5-7-18/h3-11,17,19H,12-16H2,1-2H3,(H,23,25). The number of amides is 1. The molecule has 1 saturated heterocycles. The first-order valence-corrected chi connectivity index (χ1v) is 9.51. The molecule has 144 valence electrons. The summed E-state index contributed by atoms with van der Waals surface area (Å²) in [6.07, 6.45) is 1.41. The average Bonchev–Trinajstić information content (AvgIpc) is 2.71. The lowest BCUT2D eigenvalue weighted by Crippen LogP contribution is -2.47. The van der Waals surface area contributed by atoms with E-state index in [1.54, 1.807) is 14.0 Å². The Morgan fingerprint density at radius 1 is 1.07 bits per heavy atom. The minimum atomic E-state index is -0.527. The predicted octanol–water partition coefficient (Wildman–Crippen LogP) is 3.24. The summed E-state index contributed by atoms with van der Waals surface area (Å²) >= 11 is 0. The molecule has 3 rings (SSSR count). The molecule has 1 amide bonds. The number of likely N-dealkylation sites (tertiary alicyclic amines) is 1. The van der Waals surface area contributed by atoms with Crippen LogP contribution in [0, 0.1) is 0 Å². The lowest BCUT2D eigenvalue weighted by molar-refractivity contribution is -0.128. The predicted molar refractivity (Wildman–Crippen MR) is 106 cm³/mol. The molecular weight excluding hydrogens is 340 g/mol. The third-order valence-corrected chi connectivity index (χ3v) is 4.92. The largest absolute Gasteiger partial charge is 0.497 e. The van der Waals surface area contributed by atoms with Gasteiger partial charge in [0.15, 0.2) is 6.10 Å². The van der Waals surface area contributed by atoms with Crippen molar-refractivity contribution in [1.29, 1.82) is 0 Å². The number of carbonyl (C=O) groups is 1. The van der Waals surface area contributed by atoms with E-state index in [1.807, 2.05) is 30.3 Å². The van der Waals surface area contributed by atoms with Gasteiger partial charge in [0.2, 0.25) is 0 Å². The summed E-state index contributed by atoms with van der Waals surface area (Å²) in [5.74, 6) is 1.37. The highest BCUT2D eigenvalue weighted by Gasteiger charge is 2.23. The fraction of sp³-hybridized carbons (Fsp3) is 0.409. The van der Waals surface area contributed by atoms with E-state index in [9.17, 15) is 4.79 Å². The molecule has 1 aliphatic heterocycles. The molecule has 0 aromatic heterocycles. The topological polar surface area (TPSA) is 50.8 Å². The van der Waals surface area contributed by atoms with Crippen LogP contribution in [0.5, 0.6) is 11.5 Å². The lowest BCUT2D eigenvalue weighted by Gasteiger charge is -2.32. The number of piperidine rings is 1. The SMILES string of the molecule is COc1ccc(OC(C)C(=O)NC2CCN(Cc3ccccc3)CC2)cc1. The van der Waals surface area contributed by atoms with Crippen molar-refractivity contribution in [3.05, 3.63) is 60.2 Å². The number of hydrogen-bond acceptors (Lipinski definition) is 4. The molecule has 0 spiro atoms. The van der Waals surface area contributed by atoms with E-state index in [0.717, 1.165) is 38.2 Å². The molecule has 1 unspecified atom stereocenters. The number of nitrogens with zero attached hydrogens (tertiary/aromatic N) is 1. The van der Waals surface area contributed by atoms with Crippen molar-refractivity contribution in [2.45, 2.75) is 38.5 Å². The third kappa shape index (κ3) is 5.73. The van der Waals surface area contributed by atoms with Crippen molar-refractivity contribution >= 4 is 5.91 Å². The zero-order valence-electron chi connectivity index (χ0n) is 16.1. The monoisotopic (exact) mass is 368 g/mol. The summed E-state index contributed by atoms with van der Waals surface area (Å²) in [5.41, 5.74) is 1.33. The van der Waals surface area contributed by atoms with Crippen LogP contribution in [0.3, 0.4) is 0 Å². The Kier molecular flexibility index (Phi) is 6.71. The second-order valence-electron chi connectivity index (χ2n) is 6.98. The fourth-order valence-corrected chi connectivity index (χ4v) is 3.31. The van der Waals surface area contributed by atoms with Gasteiger partial charge in [-0.25, -0.2) is 0 Å². The molecule has 27 heavy (non-hydrogen) atoms. The highest BCUT2D eigenvalue weighted by atomic mass is 16.5. The Hall–Kier alpha value is -2.53. The zero-order chi connectivity index (χ0) is 19.1. The van der Waals surface area contributed by atoms with E-state index < -0.39 is 6.10 Å². The summed E-state index contributed by atoms with van der Waals surface area (Å²) in [4.78, 5) is 14.9. The van der Waals surface area contributed by atoms with E-state index in [-0.39, 0.29) is 11.9 Å². The molecule has 2 aromatic rings. The third-order valence-electron chi connectivity index (χ3n) is 4.92. The summed E-state index contributed by atoms with van der Waals surface area (Å²) in [7, 11) is 1.62. The molecule has 2 aromatic carbocycles. The molecular formula is C22H28N2O3. The number of benzene rings is 2. The van der Waals surface area contributed by atoms with Crippen molar-refractivity contribution < 1.29 is 14.3 Å². The van der Waals surface area contributed by atoms with E-state index >= 15 is 0 Å². The van der Waals surface area contributed by atoms with Crippen LogP contribution in [0.15, 0.2) is 54.6 Å². The fourth-order valence-electron chi connectivity index (χ4n) is 3.31. The van der Waals surface area contributed by atoms with Gasteiger partial charge < -0.3 is 14.8 Å². The second-order valence-corrected chi connectivity index (χ2v) is 6.98. The Morgan fingerprint density at radius 2 is 1.70 bits per heavy atom. The summed E-state index contributed by atoms with van der Waals surface area (Å²) in [6, 6.07) is 18.0. The van der Waals surface area contributed by atoms with Crippen LogP contribution in [0.2, 0.25) is 0 Å². The maximum atomic E-state index is 12.4. The van der Waals surface area contributed by atoms with Gasteiger partial charge in [0.1, 0.15) is 11.5 Å². The van der Waals surface area contributed by atoms with Gasteiger partial charge in [0, 0.05) is 25.7 Å². The van der Waals surface area contributed by atoms with Crippen molar-refractivity contribution in [3.8, 4) is 11.5 Å². The number of hydrogen-bond donors (Lipinski definition) is 1. The minimum absolute atomic E-state index is 0.0627. The van der Waals surface area contributed by atoms with Gasteiger partial charge in [-0.05, 0) is 49.6 Å². The van der Waals surface area contributed by atoms with Crippen molar-refractivity contribution in [2.75, 3.05) is 20.2 Å². The summed E-state index contributed by atoms with van der Waals surface area (Å²) in [5, 5.41) is 3.13. The van der Waals surface area contributed by atoms with Crippen LogP contribution in [0.25, 0.3) is 0 Å². The normalized spacial score (nSPS) is 16.5. The molecule has 5 nitrogen and oxygen atoms in total. The van der Waals surface area contributed by atoms with Crippen molar-refractivity contribution in [3.63, 3.8) is 0 Å². The van der Waals surface area contributed by atoms with Gasteiger partial charge in [-0.2, -0.15) is 0 Å². The molecule has 0 radical (unpaired) electrons. The van der Waals surface area contributed by atoms with Gasteiger partial charge in [0.05, 0.1) is 7.11 Å². The Morgan fingerprint density at radius 3 is 2.33 bits per heavy atom. The van der Waals surface area contributed by atoms with Gasteiger partial charge >= 0.3 is 0 Å². The smallest absolute Gasteiger partial charge is 0.260 e. The van der Waals surface area contributed by atoms with E-state index in [4.69, 9.17) is 9.47 Å². The van der Waals surface area contributed by atoms with Gasteiger partial charge in [-0.1, -0.05) is 30.3 Å².